The first-order valence-corrected chi connectivity index (χ1v) is 6.00. The van der Waals surface area contributed by atoms with E-state index in [0.29, 0.717) is 18.4 Å². The van der Waals surface area contributed by atoms with Gasteiger partial charge >= 0.3 is 0 Å². The summed E-state index contributed by atoms with van der Waals surface area (Å²) in [6.45, 7) is 3.05. The first-order valence-electron chi connectivity index (χ1n) is 5.63. The molecule has 2 heterocycles. The van der Waals surface area contributed by atoms with Crippen molar-refractivity contribution in [3.05, 3.63) is 35.2 Å². The van der Waals surface area contributed by atoms with E-state index in [1.807, 2.05) is 25.1 Å². The molecule has 0 spiro atoms. The number of halogens is 1. The van der Waals surface area contributed by atoms with E-state index in [2.05, 4.69) is 9.97 Å². The van der Waals surface area contributed by atoms with Gasteiger partial charge in [0, 0.05) is 11.1 Å². The fourth-order valence-electron chi connectivity index (χ4n) is 1.91. The number of nitrogens with zero attached hydrogens (tertiary/aromatic N) is 2. The molecule has 0 amide bonds. The number of rotatable bonds is 1. The van der Waals surface area contributed by atoms with Gasteiger partial charge in [-0.15, -0.1) is 0 Å². The first kappa shape index (κ1) is 11.3. The highest BCUT2D eigenvalue weighted by Gasteiger charge is 2.14. The maximum Gasteiger partial charge on any atom is 0.162 e. The number of ether oxygens (including phenoxy) is 2. The summed E-state index contributed by atoms with van der Waals surface area (Å²) < 4.78 is 11.0. The van der Waals surface area contributed by atoms with Gasteiger partial charge in [-0.25, -0.2) is 9.97 Å². The minimum atomic E-state index is 0.467. The van der Waals surface area contributed by atoms with Gasteiger partial charge in [0.15, 0.2) is 11.5 Å². The molecule has 0 N–H and O–H groups in total. The molecule has 2 aromatic rings. The molecule has 4 nitrogen and oxygen atoms in total. The highest BCUT2D eigenvalue weighted by molar-refractivity contribution is 6.30. The third-order valence-corrected chi connectivity index (χ3v) is 3.22. The molecule has 0 radical (unpaired) electrons. The van der Waals surface area contributed by atoms with E-state index in [1.165, 1.54) is 6.33 Å². The summed E-state index contributed by atoms with van der Waals surface area (Å²) in [6.07, 6.45) is 1.46. The second kappa shape index (κ2) is 4.46. The van der Waals surface area contributed by atoms with E-state index in [4.69, 9.17) is 21.1 Å². The van der Waals surface area contributed by atoms with Crippen LogP contribution in [0, 0.1) is 6.92 Å². The van der Waals surface area contributed by atoms with E-state index < -0.39 is 0 Å². The molecular formula is C13H11ClN2O2. The van der Waals surface area contributed by atoms with E-state index in [1.54, 1.807) is 0 Å². The summed E-state index contributed by atoms with van der Waals surface area (Å²) in [6, 6.07) is 5.75. The van der Waals surface area contributed by atoms with Crippen molar-refractivity contribution in [1.82, 2.24) is 9.97 Å². The Hall–Kier alpha value is -1.81. The van der Waals surface area contributed by atoms with Gasteiger partial charge in [0.25, 0.3) is 0 Å². The Morgan fingerprint density at radius 1 is 1.11 bits per heavy atom. The monoisotopic (exact) mass is 262 g/mol. The Labute approximate surface area is 110 Å². The van der Waals surface area contributed by atoms with Crippen LogP contribution in [0.25, 0.3) is 11.3 Å². The van der Waals surface area contributed by atoms with Gasteiger partial charge in [0.05, 0.1) is 5.69 Å². The Morgan fingerprint density at radius 3 is 2.72 bits per heavy atom. The Balaban J connectivity index is 2.09. The Kier molecular flexibility index (Phi) is 2.80. The summed E-state index contributed by atoms with van der Waals surface area (Å²) in [5.41, 5.74) is 2.61. The lowest BCUT2D eigenvalue weighted by atomic mass is 10.1. The molecule has 0 atom stereocenters. The van der Waals surface area contributed by atoms with Crippen molar-refractivity contribution < 1.29 is 9.47 Å². The normalized spacial score (nSPS) is 13.4. The van der Waals surface area contributed by atoms with Crippen molar-refractivity contribution in [3.8, 4) is 22.8 Å². The van der Waals surface area contributed by atoms with Gasteiger partial charge in [-0.3, -0.25) is 0 Å². The molecule has 3 rings (SSSR count). The van der Waals surface area contributed by atoms with E-state index in [-0.39, 0.29) is 0 Å². The molecule has 92 valence electrons. The molecule has 5 heteroatoms. The topological polar surface area (TPSA) is 44.2 Å². The zero-order valence-electron chi connectivity index (χ0n) is 9.81. The van der Waals surface area contributed by atoms with Crippen molar-refractivity contribution >= 4 is 11.6 Å². The lowest BCUT2D eigenvalue weighted by Crippen LogP contribution is -2.15. The lowest BCUT2D eigenvalue weighted by Gasteiger charge is -2.19. The third kappa shape index (κ3) is 1.88. The summed E-state index contributed by atoms with van der Waals surface area (Å²) in [5, 5.41) is 0.467. The van der Waals surface area contributed by atoms with Crippen LogP contribution in [0.4, 0.5) is 0 Å². The highest BCUT2D eigenvalue weighted by atomic mass is 35.5. The van der Waals surface area contributed by atoms with Crippen molar-refractivity contribution in [1.29, 1.82) is 0 Å². The number of benzene rings is 1. The minimum Gasteiger partial charge on any atom is -0.486 e. The number of fused-ring (bicyclic) bond motifs is 1. The maximum absolute atomic E-state index is 6.00. The van der Waals surface area contributed by atoms with Crippen LogP contribution < -0.4 is 9.47 Å². The maximum atomic E-state index is 6.00. The molecular weight excluding hydrogens is 252 g/mol. The molecule has 1 aromatic heterocycles. The smallest absolute Gasteiger partial charge is 0.162 e. The van der Waals surface area contributed by atoms with Crippen LogP contribution in [0.1, 0.15) is 5.56 Å². The van der Waals surface area contributed by atoms with Crippen LogP contribution in [0.2, 0.25) is 5.15 Å². The summed E-state index contributed by atoms with van der Waals surface area (Å²) >= 11 is 6.00. The predicted molar refractivity (Wildman–Crippen MR) is 68.2 cm³/mol. The summed E-state index contributed by atoms with van der Waals surface area (Å²) in [5.74, 6) is 1.51. The molecule has 1 aromatic carbocycles. The van der Waals surface area contributed by atoms with E-state index in [0.717, 1.165) is 28.3 Å². The zero-order valence-corrected chi connectivity index (χ0v) is 10.6. The van der Waals surface area contributed by atoms with Gasteiger partial charge in [0.1, 0.15) is 24.7 Å². The minimum absolute atomic E-state index is 0.467. The third-order valence-electron chi connectivity index (χ3n) is 2.84. The average molecular weight is 263 g/mol. The van der Waals surface area contributed by atoms with Crippen LogP contribution in [0.3, 0.4) is 0 Å². The van der Waals surface area contributed by atoms with E-state index >= 15 is 0 Å². The fourth-order valence-corrected chi connectivity index (χ4v) is 2.04. The standard InChI is InChI=1S/C13H11ClN2O2/c1-8-12(15-7-16-13(8)14)9-2-3-10-11(6-9)18-5-4-17-10/h2-3,6-7H,4-5H2,1H3. The highest BCUT2D eigenvalue weighted by Crippen LogP contribution is 2.35. The molecule has 0 unspecified atom stereocenters. The second-order valence-corrected chi connectivity index (χ2v) is 4.35. The Morgan fingerprint density at radius 2 is 1.89 bits per heavy atom. The second-order valence-electron chi connectivity index (χ2n) is 4.00. The SMILES string of the molecule is Cc1c(Cl)ncnc1-c1ccc2c(c1)OCCO2. The molecule has 1 aliphatic rings. The molecule has 0 fully saturated rings. The van der Waals surface area contributed by atoms with Gasteiger partial charge in [-0.05, 0) is 25.1 Å². The van der Waals surface area contributed by atoms with E-state index in [9.17, 15) is 0 Å². The molecule has 0 saturated heterocycles. The summed E-state index contributed by atoms with van der Waals surface area (Å²) in [7, 11) is 0. The summed E-state index contributed by atoms with van der Waals surface area (Å²) in [4.78, 5) is 8.22. The van der Waals surface area contributed by atoms with Crippen LogP contribution in [0.5, 0.6) is 11.5 Å². The molecule has 0 bridgehead atoms. The number of hydrogen-bond acceptors (Lipinski definition) is 4. The molecule has 1 aliphatic heterocycles. The predicted octanol–water partition coefficient (Wildman–Crippen LogP) is 2.88. The van der Waals surface area contributed by atoms with Crippen LogP contribution in [0.15, 0.2) is 24.5 Å². The Bertz CT molecular complexity index is 602. The van der Waals surface area contributed by atoms with Gasteiger partial charge in [-0.2, -0.15) is 0 Å². The zero-order chi connectivity index (χ0) is 12.5. The number of hydrogen-bond donors (Lipinski definition) is 0. The van der Waals surface area contributed by atoms with Crippen LogP contribution >= 0.6 is 11.6 Å². The average Bonchev–Trinajstić information content (AvgIpc) is 2.41. The van der Waals surface area contributed by atoms with Crippen LogP contribution in [-0.2, 0) is 0 Å². The molecule has 0 aliphatic carbocycles. The molecule has 0 saturated carbocycles. The van der Waals surface area contributed by atoms with Crippen molar-refractivity contribution in [2.24, 2.45) is 0 Å². The van der Waals surface area contributed by atoms with Crippen molar-refractivity contribution in [3.63, 3.8) is 0 Å². The van der Waals surface area contributed by atoms with Gasteiger partial charge in [0.2, 0.25) is 0 Å². The quantitative estimate of drug-likeness (QED) is 0.742. The number of aromatic nitrogens is 2. The molecule has 18 heavy (non-hydrogen) atoms. The van der Waals surface area contributed by atoms with Crippen LogP contribution in [-0.4, -0.2) is 23.2 Å². The first-order chi connectivity index (χ1) is 8.75. The largest absolute Gasteiger partial charge is 0.486 e. The van der Waals surface area contributed by atoms with Crippen molar-refractivity contribution in [2.45, 2.75) is 6.92 Å². The van der Waals surface area contributed by atoms with Gasteiger partial charge in [-0.1, -0.05) is 11.6 Å². The van der Waals surface area contributed by atoms with Crippen molar-refractivity contribution in [2.75, 3.05) is 13.2 Å². The fraction of sp³-hybridized carbons (Fsp3) is 0.231. The lowest BCUT2D eigenvalue weighted by molar-refractivity contribution is 0.171. The van der Waals surface area contributed by atoms with Gasteiger partial charge < -0.3 is 9.47 Å².